The van der Waals surface area contributed by atoms with Crippen LogP contribution in [0.4, 0.5) is 0 Å². The van der Waals surface area contributed by atoms with Crippen LogP contribution in [0.5, 0.6) is 0 Å². The molecule has 0 saturated carbocycles. The first-order valence-electron chi connectivity index (χ1n) is 6.40. The molecule has 0 aliphatic carbocycles. The number of hydrogen-bond acceptors (Lipinski definition) is 3. The van der Waals surface area contributed by atoms with Gasteiger partial charge in [0.15, 0.2) is 0 Å². The number of aliphatic hydroxyl groups is 1. The van der Waals surface area contributed by atoms with Gasteiger partial charge in [-0.15, -0.1) is 0 Å². The molecule has 1 aromatic carbocycles. The summed E-state index contributed by atoms with van der Waals surface area (Å²) in [4.78, 5) is 17.2. The van der Waals surface area contributed by atoms with Crippen molar-refractivity contribution in [3.8, 4) is 0 Å². The van der Waals surface area contributed by atoms with Crippen molar-refractivity contribution in [3.05, 3.63) is 36.0 Å². The van der Waals surface area contributed by atoms with Gasteiger partial charge in [-0.1, -0.05) is 18.2 Å². The van der Waals surface area contributed by atoms with Crippen LogP contribution < -0.4 is 5.32 Å². The van der Waals surface area contributed by atoms with E-state index in [0.717, 1.165) is 10.9 Å². The Hall–Kier alpha value is -1.85. The molecule has 1 aliphatic heterocycles. The number of nitrogens with zero attached hydrogens (tertiary/aromatic N) is 1. The molecule has 2 heterocycles. The fourth-order valence-corrected chi connectivity index (χ4v) is 2.64. The van der Waals surface area contributed by atoms with Gasteiger partial charge in [-0.25, -0.2) is 0 Å². The third-order valence-electron chi connectivity index (χ3n) is 3.79. The van der Waals surface area contributed by atoms with Gasteiger partial charge in [0.05, 0.1) is 17.7 Å². The molecule has 3 N–H and O–H groups in total. The average Bonchev–Trinajstić information content (AvgIpc) is 3.03. The number of para-hydroxylation sites is 1. The minimum atomic E-state index is -0.501. The Balaban J connectivity index is 1.91. The Morgan fingerprint density at radius 1 is 1.37 bits per heavy atom. The number of nitrogens with one attached hydrogen (secondary N) is 2. The van der Waals surface area contributed by atoms with E-state index in [-0.39, 0.29) is 11.9 Å². The molecule has 5 heteroatoms. The minimum absolute atomic E-state index is 0.0646. The summed E-state index contributed by atoms with van der Waals surface area (Å²) >= 11 is 0. The summed E-state index contributed by atoms with van der Waals surface area (Å²) in [6.45, 7) is 1.17. The van der Waals surface area contributed by atoms with E-state index in [1.54, 1.807) is 18.1 Å². The second-order valence-corrected chi connectivity index (χ2v) is 4.96. The molecular weight excluding hydrogens is 242 g/mol. The summed E-state index contributed by atoms with van der Waals surface area (Å²) in [5, 5.41) is 13.9. The number of fused-ring (bicyclic) bond motifs is 1. The van der Waals surface area contributed by atoms with Crippen molar-refractivity contribution in [3.63, 3.8) is 0 Å². The van der Waals surface area contributed by atoms with Crippen LogP contribution in [-0.4, -0.2) is 53.2 Å². The Bertz CT molecular complexity index is 608. The molecule has 0 bridgehead atoms. The summed E-state index contributed by atoms with van der Waals surface area (Å²) in [5.41, 5.74) is 1.60. The van der Waals surface area contributed by atoms with Crippen LogP contribution in [0, 0.1) is 0 Å². The maximum Gasteiger partial charge on any atom is 0.256 e. The molecule has 100 valence electrons. The van der Waals surface area contributed by atoms with E-state index in [4.69, 9.17) is 0 Å². The highest BCUT2D eigenvalue weighted by atomic mass is 16.3. The normalized spacial score (nSPS) is 22.8. The second-order valence-electron chi connectivity index (χ2n) is 4.96. The van der Waals surface area contributed by atoms with Crippen molar-refractivity contribution in [2.24, 2.45) is 0 Å². The number of H-pyrrole nitrogens is 1. The standard InChI is InChI=1S/C14H17N3O2/c1-17(12-7-15-8-13(12)18)14(19)10-6-16-11-5-3-2-4-9(10)11/h2-6,12-13,15-16,18H,7-8H2,1H3/t12-,13-/m1/s1. The number of likely N-dealkylation sites (N-methyl/N-ethyl adjacent to an activating group) is 1. The van der Waals surface area contributed by atoms with Crippen LogP contribution in [0.1, 0.15) is 10.4 Å². The molecule has 1 aliphatic rings. The number of benzene rings is 1. The number of β-amino-alcohol motifs (C(OH)–C–C–N with tert-alkyl or cyclic N) is 1. The number of rotatable bonds is 2. The van der Waals surface area contributed by atoms with Gasteiger partial charge in [0.1, 0.15) is 0 Å². The first-order chi connectivity index (χ1) is 9.18. The number of amides is 1. The maximum atomic E-state index is 12.5. The quantitative estimate of drug-likeness (QED) is 0.738. The molecule has 5 nitrogen and oxygen atoms in total. The summed E-state index contributed by atoms with van der Waals surface area (Å²) < 4.78 is 0. The predicted molar refractivity (Wildman–Crippen MR) is 73.1 cm³/mol. The van der Waals surface area contributed by atoms with Crippen LogP contribution in [0.3, 0.4) is 0 Å². The van der Waals surface area contributed by atoms with Crippen LogP contribution in [-0.2, 0) is 0 Å². The molecule has 0 radical (unpaired) electrons. The summed E-state index contributed by atoms with van der Waals surface area (Å²) in [6.07, 6.45) is 1.23. The van der Waals surface area contributed by atoms with Gasteiger partial charge in [-0.3, -0.25) is 4.79 Å². The lowest BCUT2D eigenvalue weighted by Crippen LogP contribution is -2.44. The van der Waals surface area contributed by atoms with Gasteiger partial charge in [-0.2, -0.15) is 0 Å². The van der Waals surface area contributed by atoms with Crippen molar-refractivity contribution < 1.29 is 9.90 Å². The summed E-state index contributed by atoms with van der Waals surface area (Å²) in [5.74, 6) is -0.0646. The topological polar surface area (TPSA) is 68.4 Å². The zero-order chi connectivity index (χ0) is 13.4. The van der Waals surface area contributed by atoms with Gasteiger partial charge in [-0.05, 0) is 6.07 Å². The lowest BCUT2D eigenvalue weighted by Gasteiger charge is -2.26. The van der Waals surface area contributed by atoms with Crippen LogP contribution in [0.2, 0.25) is 0 Å². The van der Waals surface area contributed by atoms with Crippen molar-refractivity contribution >= 4 is 16.8 Å². The van der Waals surface area contributed by atoms with Crippen molar-refractivity contribution in [2.75, 3.05) is 20.1 Å². The molecule has 1 aromatic heterocycles. The highest BCUT2D eigenvalue weighted by Gasteiger charge is 2.32. The SMILES string of the molecule is CN(C(=O)c1c[nH]c2ccccc12)[C@@H]1CNC[C@H]1O. The molecule has 2 atom stereocenters. The number of aromatic amines is 1. The Morgan fingerprint density at radius 2 is 2.16 bits per heavy atom. The van der Waals surface area contributed by atoms with Crippen molar-refractivity contribution in [2.45, 2.75) is 12.1 Å². The number of hydrogen-bond donors (Lipinski definition) is 3. The van der Waals surface area contributed by atoms with E-state index in [1.807, 2.05) is 24.3 Å². The van der Waals surface area contributed by atoms with Gasteiger partial charge in [0, 0.05) is 37.2 Å². The van der Waals surface area contributed by atoms with Gasteiger partial charge < -0.3 is 20.3 Å². The highest BCUT2D eigenvalue weighted by Crippen LogP contribution is 2.20. The zero-order valence-electron chi connectivity index (χ0n) is 10.8. The first-order valence-corrected chi connectivity index (χ1v) is 6.40. The van der Waals surface area contributed by atoms with Crippen molar-refractivity contribution in [1.29, 1.82) is 0 Å². The monoisotopic (exact) mass is 259 g/mol. The Morgan fingerprint density at radius 3 is 2.89 bits per heavy atom. The van der Waals surface area contributed by atoms with E-state index in [1.165, 1.54) is 0 Å². The minimum Gasteiger partial charge on any atom is -0.390 e. The maximum absolute atomic E-state index is 12.5. The van der Waals surface area contributed by atoms with E-state index < -0.39 is 6.10 Å². The molecule has 19 heavy (non-hydrogen) atoms. The lowest BCUT2D eigenvalue weighted by atomic mass is 10.1. The van der Waals surface area contributed by atoms with E-state index >= 15 is 0 Å². The fourth-order valence-electron chi connectivity index (χ4n) is 2.64. The summed E-state index contributed by atoms with van der Waals surface area (Å²) in [6, 6.07) is 7.55. The lowest BCUT2D eigenvalue weighted by molar-refractivity contribution is 0.0583. The molecule has 1 fully saturated rings. The highest BCUT2D eigenvalue weighted by molar-refractivity contribution is 6.06. The third-order valence-corrected chi connectivity index (χ3v) is 3.79. The van der Waals surface area contributed by atoms with E-state index in [0.29, 0.717) is 18.7 Å². The zero-order valence-corrected chi connectivity index (χ0v) is 10.8. The van der Waals surface area contributed by atoms with E-state index in [9.17, 15) is 9.90 Å². The third kappa shape index (κ3) is 2.01. The van der Waals surface area contributed by atoms with Crippen LogP contribution >= 0.6 is 0 Å². The average molecular weight is 259 g/mol. The van der Waals surface area contributed by atoms with Crippen LogP contribution in [0.15, 0.2) is 30.5 Å². The molecule has 1 saturated heterocycles. The number of aliphatic hydroxyl groups excluding tert-OH is 1. The molecule has 3 rings (SSSR count). The first kappa shape index (κ1) is 12.2. The molecule has 0 unspecified atom stereocenters. The van der Waals surface area contributed by atoms with Crippen LogP contribution in [0.25, 0.3) is 10.9 Å². The van der Waals surface area contributed by atoms with Gasteiger partial charge in [0.25, 0.3) is 5.91 Å². The van der Waals surface area contributed by atoms with Gasteiger partial charge >= 0.3 is 0 Å². The molecule has 1 amide bonds. The number of carbonyl (C=O) groups excluding carboxylic acids is 1. The number of carbonyl (C=O) groups is 1. The fraction of sp³-hybridized carbons (Fsp3) is 0.357. The smallest absolute Gasteiger partial charge is 0.256 e. The van der Waals surface area contributed by atoms with E-state index in [2.05, 4.69) is 10.3 Å². The molecular formula is C14H17N3O2. The summed E-state index contributed by atoms with van der Waals surface area (Å²) in [7, 11) is 1.74. The van der Waals surface area contributed by atoms with Crippen molar-refractivity contribution in [1.82, 2.24) is 15.2 Å². The van der Waals surface area contributed by atoms with Gasteiger partial charge in [0.2, 0.25) is 0 Å². The predicted octanol–water partition coefficient (Wildman–Crippen LogP) is 0.573. The largest absolute Gasteiger partial charge is 0.390 e. The molecule has 2 aromatic rings. The Kier molecular flexibility index (Phi) is 3.00. The number of aromatic nitrogens is 1. The Labute approximate surface area is 111 Å². The molecule has 0 spiro atoms. The second kappa shape index (κ2) is 4.68.